The van der Waals surface area contributed by atoms with Gasteiger partial charge in [0.15, 0.2) is 11.5 Å². The minimum atomic E-state index is 0.0889. The van der Waals surface area contributed by atoms with Gasteiger partial charge in [0.25, 0.3) is 0 Å². The molecule has 86 valence electrons. The fourth-order valence-corrected chi connectivity index (χ4v) is 0.795. The monoisotopic (exact) mass is 222 g/mol. The van der Waals surface area contributed by atoms with Crippen LogP contribution < -0.4 is 10.5 Å². The highest BCUT2D eigenvalue weighted by Crippen LogP contribution is 2.27. The molecule has 3 N–H and O–H groups in total. The quantitative estimate of drug-likeness (QED) is 0.267. The number of rotatable bonds is 3. The van der Waals surface area contributed by atoms with Crippen molar-refractivity contribution in [1.82, 2.24) is 0 Å². The Morgan fingerprint density at radius 1 is 1.69 bits per heavy atom. The number of hydrogen-bond donors (Lipinski definition) is 2. The van der Waals surface area contributed by atoms with E-state index in [1.807, 2.05) is 0 Å². The molecule has 0 heterocycles. The molecular weight excluding hydrogens is 208 g/mol. The van der Waals surface area contributed by atoms with E-state index in [4.69, 9.17) is 15.3 Å². The molecule has 0 aromatic heterocycles. The van der Waals surface area contributed by atoms with Gasteiger partial charge in [0.05, 0.1) is 0 Å². The molecule has 1 rings (SSSR count). The Balaban J connectivity index is 0.000000487. The van der Waals surface area contributed by atoms with Crippen LogP contribution in [0.4, 0.5) is 5.69 Å². The molecule has 5 heteroatoms. The van der Waals surface area contributed by atoms with Gasteiger partial charge in [0, 0.05) is 18.8 Å². The van der Waals surface area contributed by atoms with Crippen LogP contribution >= 0.6 is 0 Å². The van der Waals surface area contributed by atoms with E-state index >= 15 is 0 Å². The van der Waals surface area contributed by atoms with Crippen LogP contribution in [-0.2, 0) is 4.79 Å². The van der Waals surface area contributed by atoms with Crippen molar-refractivity contribution in [3.05, 3.63) is 30.9 Å². The maximum absolute atomic E-state index is 9.25. The molecule has 0 atom stereocenters. The maximum Gasteiger partial charge on any atom is 0.234 e. The first-order valence-corrected chi connectivity index (χ1v) is 4.43. The van der Waals surface area contributed by atoms with Gasteiger partial charge in [-0.1, -0.05) is 12.7 Å². The minimum Gasteiger partial charge on any atom is -0.504 e. The van der Waals surface area contributed by atoms with Crippen molar-refractivity contribution in [2.24, 2.45) is 4.99 Å². The highest BCUT2D eigenvalue weighted by atomic mass is 16.5. The number of aromatic hydroxyl groups is 1. The van der Waals surface area contributed by atoms with Gasteiger partial charge in [-0.05, 0) is 12.1 Å². The van der Waals surface area contributed by atoms with Crippen LogP contribution in [0, 0.1) is 0 Å². The Hall–Kier alpha value is -2.26. The standard InChI is InChI=1S/C9H11NO2.C2H3NO/c1-2-5-12-9-6-7(10)3-4-8(9)11;1-3-2-4/h2-4,6,11H,1,5,10H2;1H3. The summed E-state index contributed by atoms with van der Waals surface area (Å²) < 4.78 is 5.12. The van der Waals surface area contributed by atoms with Gasteiger partial charge in [-0.25, -0.2) is 9.79 Å². The smallest absolute Gasteiger partial charge is 0.234 e. The molecule has 0 saturated carbocycles. The van der Waals surface area contributed by atoms with Crippen LogP contribution in [-0.4, -0.2) is 24.8 Å². The summed E-state index contributed by atoms with van der Waals surface area (Å²) in [4.78, 5) is 11.8. The number of phenols is 1. The molecule has 0 spiro atoms. The van der Waals surface area contributed by atoms with Crippen LogP contribution in [0.25, 0.3) is 0 Å². The number of aliphatic imine (C=N–C) groups is 1. The molecule has 1 aromatic carbocycles. The first-order chi connectivity index (χ1) is 7.65. The van der Waals surface area contributed by atoms with Crippen molar-refractivity contribution in [2.75, 3.05) is 19.4 Å². The molecule has 0 aliphatic carbocycles. The SMILES string of the molecule is C=CCOc1cc(N)ccc1O.CN=C=O. The second-order valence-electron chi connectivity index (χ2n) is 2.64. The predicted molar refractivity (Wildman–Crippen MR) is 62.3 cm³/mol. The van der Waals surface area contributed by atoms with Crippen LogP contribution in [0.1, 0.15) is 0 Å². The molecule has 0 aliphatic rings. The van der Waals surface area contributed by atoms with E-state index in [0.717, 1.165) is 0 Å². The lowest BCUT2D eigenvalue weighted by molar-refractivity contribution is 0.336. The number of nitrogens with zero attached hydrogens (tertiary/aromatic N) is 1. The number of nitrogens with two attached hydrogens (primary N) is 1. The zero-order valence-electron chi connectivity index (χ0n) is 9.01. The van der Waals surface area contributed by atoms with Gasteiger partial charge in [-0.3, -0.25) is 0 Å². The van der Waals surface area contributed by atoms with Gasteiger partial charge in [0.1, 0.15) is 6.61 Å². The Labute approximate surface area is 93.9 Å². The van der Waals surface area contributed by atoms with E-state index < -0.39 is 0 Å². The van der Waals surface area contributed by atoms with E-state index in [1.165, 1.54) is 19.2 Å². The highest BCUT2D eigenvalue weighted by molar-refractivity contribution is 5.51. The normalized spacial score (nSPS) is 8.06. The fraction of sp³-hybridized carbons (Fsp3) is 0.182. The third kappa shape index (κ3) is 5.47. The number of anilines is 1. The van der Waals surface area contributed by atoms with Crippen LogP contribution in [0.3, 0.4) is 0 Å². The second-order valence-corrected chi connectivity index (χ2v) is 2.64. The summed E-state index contributed by atoms with van der Waals surface area (Å²) in [6.45, 7) is 3.85. The molecular formula is C11H14N2O3. The molecule has 5 nitrogen and oxygen atoms in total. The average molecular weight is 222 g/mol. The largest absolute Gasteiger partial charge is 0.504 e. The highest BCUT2D eigenvalue weighted by Gasteiger charge is 2.00. The van der Waals surface area contributed by atoms with Crippen molar-refractivity contribution in [3.8, 4) is 11.5 Å². The lowest BCUT2D eigenvalue weighted by Crippen LogP contribution is -1.94. The van der Waals surface area contributed by atoms with E-state index in [1.54, 1.807) is 18.2 Å². The Morgan fingerprint density at radius 3 is 2.81 bits per heavy atom. The Bertz CT molecular complexity index is 385. The van der Waals surface area contributed by atoms with Crippen LogP contribution in [0.5, 0.6) is 11.5 Å². The summed E-state index contributed by atoms with van der Waals surface area (Å²) >= 11 is 0. The molecule has 1 aromatic rings. The minimum absolute atomic E-state index is 0.0889. The molecule has 0 radical (unpaired) electrons. The third-order valence-electron chi connectivity index (χ3n) is 1.43. The lowest BCUT2D eigenvalue weighted by atomic mass is 10.3. The van der Waals surface area contributed by atoms with Gasteiger partial charge in [-0.2, -0.15) is 0 Å². The van der Waals surface area contributed by atoms with Crippen LogP contribution in [0.15, 0.2) is 35.8 Å². The van der Waals surface area contributed by atoms with Crippen LogP contribution in [0.2, 0.25) is 0 Å². The number of isocyanates is 1. The summed E-state index contributed by atoms with van der Waals surface area (Å²) in [5.41, 5.74) is 6.04. The molecule has 0 aliphatic heterocycles. The summed E-state index contributed by atoms with van der Waals surface area (Å²) in [5, 5.41) is 9.25. The number of nitrogen functional groups attached to an aromatic ring is 1. The number of benzene rings is 1. The number of carbonyl (C=O) groups excluding carboxylic acids is 1. The van der Waals surface area contributed by atoms with Gasteiger partial charge >= 0.3 is 0 Å². The van der Waals surface area contributed by atoms with E-state index in [-0.39, 0.29) is 5.75 Å². The fourth-order valence-electron chi connectivity index (χ4n) is 0.795. The van der Waals surface area contributed by atoms with Crippen molar-refractivity contribution in [3.63, 3.8) is 0 Å². The van der Waals surface area contributed by atoms with Gasteiger partial charge in [0.2, 0.25) is 6.08 Å². The molecule has 0 unspecified atom stereocenters. The predicted octanol–water partition coefficient (Wildman–Crippen LogP) is 1.49. The molecule has 0 bridgehead atoms. The van der Waals surface area contributed by atoms with Crippen molar-refractivity contribution in [2.45, 2.75) is 0 Å². The molecule has 0 fully saturated rings. The molecule has 0 amide bonds. The summed E-state index contributed by atoms with van der Waals surface area (Å²) in [5.74, 6) is 0.473. The van der Waals surface area contributed by atoms with Crippen molar-refractivity contribution in [1.29, 1.82) is 0 Å². The summed E-state index contributed by atoms with van der Waals surface area (Å²) in [6.07, 6.45) is 2.91. The first kappa shape index (κ1) is 13.7. The summed E-state index contributed by atoms with van der Waals surface area (Å²) in [6, 6.07) is 4.67. The Kier molecular flexibility index (Phi) is 6.94. The third-order valence-corrected chi connectivity index (χ3v) is 1.43. The molecule has 0 saturated heterocycles. The molecule has 16 heavy (non-hydrogen) atoms. The Morgan fingerprint density at radius 2 is 2.31 bits per heavy atom. The first-order valence-electron chi connectivity index (χ1n) is 4.43. The average Bonchev–Trinajstić information content (AvgIpc) is 2.30. The number of phenolic OH excluding ortho intramolecular Hbond substituents is 1. The maximum atomic E-state index is 9.25. The van der Waals surface area contributed by atoms with E-state index in [9.17, 15) is 5.11 Å². The van der Waals surface area contributed by atoms with Crippen molar-refractivity contribution < 1.29 is 14.6 Å². The zero-order valence-corrected chi connectivity index (χ0v) is 9.01. The van der Waals surface area contributed by atoms with E-state index in [0.29, 0.717) is 18.0 Å². The number of ether oxygens (including phenoxy) is 1. The van der Waals surface area contributed by atoms with E-state index in [2.05, 4.69) is 11.6 Å². The van der Waals surface area contributed by atoms with Crippen molar-refractivity contribution >= 4 is 11.8 Å². The van der Waals surface area contributed by atoms with Gasteiger partial charge in [-0.15, -0.1) is 0 Å². The summed E-state index contributed by atoms with van der Waals surface area (Å²) in [7, 11) is 1.38. The topological polar surface area (TPSA) is 84.9 Å². The number of hydrogen-bond acceptors (Lipinski definition) is 5. The van der Waals surface area contributed by atoms with Gasteiger partial charge < -0.3 is 15.6 Å². The zero-order chi connectivity index (χ0) is 12.4. The lowest BCUT2D eigenvalue weighted by Gasteiger charge is -2.05. The second kappa shape index (κ2) is 8.08.